The van der Waals surface area contributed by atoms with E-state index in [0.717, 1.165) is 12.0 Å². The highest BCUT2D eigenvalue weighted by Gasteiger charge is 2.16. The highest BCUT2D eigenvalue weighted by Crippen LogP contribution is 2.12. The van der Waals surface area contributed by atoms with Gasteiger partial charge in [-0.2, -0.15) is 0 Å². The van der Waals surface area contributed by atoms with Crippen LogP contribution in [0.1, 0.15) is 20.3 Å². The van der Waals surface area contributed by atoms with E-state index in [0.29, 0.717) is 18.0 Å². The van der Waals surface area contributed by atoms with Gasteiger partial charge in [-0.3, -0.25) is 9.79 Å². The van der Waals surface area contributed by atoms with Crippen molar-refractivity contribution in [2.24, 2.45) is 10.7 Å². The van der Waals surface area contributed by atoms with Crippen molar-refractivity contribution in [2.75, 3.05) is 6.54 Å². The van der Waals surface area contributed by atoms with Crippen LogP contribution >= 0.6 is 0 Å². The number of aliphatic imine (C=N–C) groups is 1. The third-order valence-corrected chi connectivity index (χ3v) is 1.99. The molecule has 0 radical (unpaired) electrons. The average Bonchev–Trinajstić information content (AvgIpc) is 2.28. The minimum Gasteiger partial charge on any atom is -0.365 e. The maximum Gasteiger partial charge on any atom is 0.252 e. The van der Waals surface area contributed by atoms with Crippen LogP contribution in [0.15, 0.2) is 28.4 Å². The molecule has 0 aliphatic carbocycles. The van der Waals surface area contributed by atoms with Gasteiger partial charge in [-0.15, -0.1) is 0 Å². The normalized spacial score (nSPS) is 19.4. The van der Waals surface area contributed by atoms with Crippen molar-refractivity contribution in [1.29, 1.82) is 0 Å². The number of hydrogen-bond acceptors (Lipinski definition) is 2. The molecule has 0 aromatic rings. The Labute approximate surface area is 83.6 Å². The number of amidine groups is 1. The molecule has 1 aliphatic heterocycles. The Bertz CT molecular complexity index is 326. The second-order valence-electron chi connectivity index (χ2n) is 3.09. The lowest BCUT2D eigenvalue weighted by molar-refractivity contribution is -0.114. The van der Waals surface area contributed by atoms with Crippen LogP contribution in [-0.4, -0.2) is 18.3 Å². The van der Waals surface area contributed by atoms with Crippen LogP contribution in [-0.2, 0) is 4.79 Å². The van der Waals surface area contributed by atoms with Crippen LogP contribution in [0, 0.1) is 0 Å². The Balaban J connectivity index is 3.13. The Morgan fingerprint density at radius 1 is 1.71 bits per heavy atom. The molecule has 0 saturated heterocycles. The minimum absolute atomic E-state index is 0.425. The van der Waals surface area contributed by atoms with E-state index in [1.807, 2.05) is 19.9 Å². The van der Waals surface area contributed by atoms with E-state index >= 15 is 0 Å². The van der Waals surface area contributed by atoms with Gasteiger partial charge in [0.05, 0.1) is 5.57 Å². The predicted octanol–water partition coefficient (Wildman–Crippen LogP) is 0.714. The van der Waals surface area contributed by atoms with Gasteiger partial charge in [-0.1, -0.05) is 11.6 Å². The van der Waals surface area contributed by atoms with Crippen molar-refractivity contribution in [1.82, 2.24) is 5.32 Å². The second kappa shape index (κ2) is 4.60. The van der Waals surface area contributed by atoms with E-state index in [9.17, 15) is 4.79 Å². The van der Waals surface area contributed by atoms with Gasteiger partial charge in [0, 0.05) is 6.54 Å². The number of rotatable bonds is 2. The molecule has 1 amide bonds. The molecule has 0 fully saturated rings. The Hall–Kier alpha value is -1.58. The fourth-order valence-corrected chi connectivity index (χ4v) is 1.36. The molecule has 4 nitrogen and oxygen atoms in total. The second-order valence-corrected chi connectivity index (χ2v) is 3.09. The van der Waals surface area contributed by atoms with Gasteiger partial charge in [-0.25, -0.2) is 0 Å². The van der Waals surface area contributed by atoms with Crippen molar-refractivity contribution in [3.63, 3.8) is 0 Å². The van der Waals surface area contributed by atoms with E-state index in [1.165, 1.54) is 0 Å². The van der Waals surface area contributed by atoms with E-state index in [1.54, 1.807) is 6.20 Å². The third-order valence-electron chi connectivity index (χ3n) is 1.99. The summed E-state index contributed by atoms with van der Waals surface area (Å²) in [7, 11) is 0. The molecule has 0 spiro atoms. The number of nitrogens with two attached hydrogens (primary N) is 1. The van der Waals surface area contributed by atoms with Crippen molar-refractivity contribution < 1.29 is 4.79 Å². The summed E-state index contributed by atoms with van der Waals surface area (Å²) in [6, 6.07) is 0. The first kappa shape index (κ1) is 10.5. The SMILES string of the molecule is CCN=C1NC=CCC(C)=C1C(N)=O. The van der Waals surface area contributed by atoms with Crippen LogP contribution in [0.3, 0.4) is 0 Å². The molecule has 4 heteroatoms. The largest absolute Gasteiger partial charge is 0.365 e. The first-order valence-corrected chi connectivity index (χ1v) is 4.62. The lowest BCUT2D eigenvalue weighted by Crippen LogP contribution is -2.29. The summed E-state index contributed by atoms with van der Waals surface area (Å²) in [6.07, 6.45) is 4.46. The number of carbonyl (C=O) groups is 1. The molecule has 1 rings (SSSR count). The molecule has 3 N–H and O–H groups in total. The molecule has 0 atom stereocenters. The molecule has 0 saturated carbocycles. The number of primary amides is 1. The van der Waals surface area contributed by atoms with Crippen LogP contribution in [0.4, 0.5) is 0 Å². The topological polar surface area (TPSA) is 67.5 Å². The predicted molar refractivity (Wildman–Crippen MR) is 56.8 cm³/mol. The minimum atomic E-state index is -0.425. The Morgan fingerprint density at radius 3 is 3.00 bits per heavy atom. The smallest absolute Gasteiger partial charge is 0.252 e. The van der Waals surface area contributed by atoms with Crippen molar-refractivity contribution in [3.05, 3.63) is 23.4 Å². The lowest BCUT2D eigenvalue weighted by atomic mass is 10.1. The van der Waals surface area contributed by atoms with Gasteiger partial charge in [0.1, 0.15) is 5.84 Å². The maximum absolute atomic E-state index is 11.2. The maximum atomic E-state index is 11.2. The van der Waals surface area contributed by atoms with E-state index in [-0.39, 0.29) is 0 Å². The number of hydrogen-bond donors (Lipinski definition) is 2. The Kier molecular flexibility index (Phi) is 3.45. The average molecular weight is 193 g/mol. The van der Waals surface area contributed by atoms with Crippen molar-refractivity contribution >= 4 is 11.7 Å². The molecule has 0 aromatic carbocycles. The van der Waals surface area contributed by atoms with Gasteiger partial charge in [0.2, 0.25) is 0 Å². The lowest BCUT2D eigenvalue weighted by Gasteiger charge is -2.08. The quantitative estimate of drug-likeness (QED) is 0.678. The monoisotopic (exact) mass is 193 g/mol. The molecule has 0 aromatic heterocycles. The van der Waals surface area contributed by atoms with Crippen molar-refractivity contribution in [2.45, 2.75) is 20.3 Å². The standard InChI is InChI=1S/C10H15N3O/c1-3-12-10-8(9(11)14)7(2)5-4-6-13-10/h4,6H,3,5H2,1-2H3,(H2,11,14)(H,12,13). The number of amides is 1. The zero-order chi connectivity index (χ0) is 10.6. The van der Waals surface area contributed by atoms with Crippen LogP contribution in [0.5, 0.6) is 0 Å². The molecule has 14 heavy (non-hydrogen) atoms. The molecule has 0 bridgehead atoms. The molecular weight excluding hydrogens is 178 g/mol. The van der Waals surface area contributed by atoms with Gasteiger partial charge < -0.3 is 11.1 Å². The van der Waals surface area contributed by atoms with Crippen LogP contribution in [0.2, 0.25) is 0 Å². The fraction of sp³-hybridized carbons (Fsp3) is 0.400. The number of allylic oxidation sites excluding steroid dienone is 2. The molecule has 76 valence electrons. The van der Waals surface area contributed by atoms with Gasteiger partial charge in [-0.05, 0) is 26.5 Å². The summed E-state index contributed by atoms with van der Waals surface area (Å²) in [6.45, 7) is 4.43. The van der Waals surface area contributed by atoms with Crippen molar-refractivity contribution in [3.8, 4) is 0 Å². The highest BCUT2D eigenvalue weighted by molar-refractivity contribution is 6.21. The summed E-state index contributed by atoms with van der Waals surface area (Å²) < 4.78 is 0. The summed E-state index contributed by atoms with van der Waals surface area (Å²) in [5, 5.41) is 2.96. The van der Waals surface area contributed by atoms with Crippen LogP contribution in [0.25, 0.3) is 0 Å². The summed E-state index contributed by atoms with van der Waals surface area (Å²) in [5.74, 6) is 0.150. The van der Waals surface area contributed by atoms with Crippen LogP contribution < -0.4 is 11.1 Å². The first-order valence-electron chi connectivity index (χ1n) is 4.62. The molecule has 1 aliphatic rings. The summed E-state index contributed by atoms with van der Waals surface area (Å²) in [5.41, 5.74) is 6.76. The zero-order valence-corrected chi connectivity index (χ0v) is 8.50. The number of nitrogens with one attached hydrogen (secondary N) is 1. The van der Waals surface area contributed by atoms with E-state index in [2.05, 4.69) is 10.3 Å². The Morgan fingerprint density at radius 2 is 2.43 bits per heavy atom. The van der Waals surface area contributed by atoms with Gasteiger partial charge >= 0.3 is 0 Å². The summed E-state index contributed by atoms with van der Waals surface area (Å²) in [4.78, 5) is 15.4. The van der Waals surface area contributed by atoms with Gasteiger partial charge in [0.15, 0.2) is 0 Å². The summed E-state index contributed by atoms with van der Waals surface area (Å²) >= 11 is 0. The van der Waals surface area contributed by atoms with E-state index < -0.39 is 5.91 Å². The molecular formula is C10H15N3O. The third kappa shape index (κ3) is 2.22. The number of nitrogens with zero attached hydrogens (tertiary/aromatic N) is 1. The fourth-order valence-electron chi connectivity index (χ4n) is 1.36. The number of carbonyl (C=O) groups excluding carboxylic acids is 1. The molecule has 0 unspecified atom stereocenters. The molecule has 1 heterocycles. The highest BCUT2D eigenvalue weighted by atomic mass is 16.1. The first-order chi connectivity index (χ1) is 6.66. The van der Waals surface area contributed by atoms with Gasteiger partial charge in [0.25, 0.3) is 5.91 Å². The van der Waals surface area contributed by atoms with E-state index in [4.69, 9.17) is 5.73 Å². The zero-order valence-electron chi connectivity index (χ0n) is 8.50.